The summed E-state index contributed by atoms with van der Waals surface area (Å²) in [7, 11) is 0. The lowest BCUT2D eigenvalue weighted by Gasteiger charge is -2.16. The molecule has 0 aliphatic rings. The second-order valence-electron chi connectivity index (χ2n) is 6.13. The van der Waals surface area contributed by atoms with Gasteiger partial charge >= 0.3 is 12.1 Å². The van der Waals surface area contributed by atoms with E-state index in [0.717, 1.165) is 12.5 Å². The maximum Gasteiger partial charge on any atom is 0.416 e. The number of aryl methyl sites for hydroxylation is 1. The number of benzene rings is 1. The first-order chi connectivity index (χ1) is 10.7. The molecule has 1 aromatic carbocycles. The zero-order chi connectivity index (χ0) is 17.5. The second kappa shape index (κ2) is 8.91. The van der Waals surface area contributed by atoms with Crippen molar-refractivity contribution in [2.75, 3.05) is 6.54 Å². The summed E-state index contributed by atoms with van der Waals surface area (Å²) in [6.07, 6.45) is -1.78. The van der Waals surface area contributed by atoms with Crippen LogP contribution in [-0.2, 0) is 17.4 Å². The summed E-state index contributed by atoms with van der Waals surface area (Å²) in [5, 5.41) is 12.1. The molecule has 0 amide bonds. The summed E-state index contributed by atoms with van der Waals surface area (Å²) in [6.45, 7) is 4.47. The zero-order valence-electron chi connectivity index (χ0n) is 13.5. The Hall–Kier alpha value is -1.56. The maximum absolute atomic E-state index is 12.6. The minimum Gasteiger partial charge on any atom is -0.480 e. The number of nitrogens with one attached hydrogen (secondary N) is 1. The van der Waals surface area contributed by atoms with E-state index in [9.17, 15) is 18.0 Å². The monoisotopic (exact) mass is 331 g/mol. The Labute approximate surface area is 134 Å². The molecule has 0 radical (unpaired) electrons. The highest BCUT2D eigenvalue weighted by atomic mass is 19.4. The van der Waals surface area contributed by atoms with E-state index in [1.807, 2.05) is 13.8 Å². The van der Waals surface area contributed by atoms with E-state index in [0.29, 0.717) is 31.4 Å². The van der Waals surface area contributed by atoms with E-state index in [-0.39, 0.29) is 5.92 Å². The van der Waals surface area contributed by atoms with Gasteiger partial charge in [0.05, 0.1) is 5.56 Å². The summed E-state index contributed by atoms with van der Waals surface area (Å²) in [6, 6.07) is 4.77. The molecular formula is C17H24F3NO2. The van der Waals surface area contributed by atoms with Crippen molar-refractivity contribution in [3.63, 3.8) is 0 Å². The highest BCUT2D eigenvalue weighted by molar-refractivity contribution is 5.73. The average molecular weight is 331 g/mol. The van der Waals surface area contributed by atoms with Gasteiger partial charge in [-0.15, -0.1) is 0 Å². The summed E-state index contributed by atoms with van der Waals surface area (Å²) in [4.78, 5) is 11.1. The van der Waals surface area contributed by atoms with Crippen LogP contribution in [0.4, 0.5) is 13.2 Å². The quantitative estimate of drug-likeness (QED) is 0.669. The number of alkyl halides is 3. The minimum atomic E-state index is -4.32. The molecule has 0 aromatic heterocycles. The molecule has 0 bridgehead atoms. The van der Waals surface area contributed by atoms with Gasteiger partial charge in [0.2, 0.25) is 0 Å². The molecule has 0 heterocycles. The standard InChI is InChI=1S/C17H24F3NO2/c1-12(2)10-15(16(22)23)21-9-4-3-6-13-7-5-8-14(11-13)17(18,19)20/h5,7-8,11-12,15,21H,3-4,6,9-10H2,1-2H3,(H,22,23)/t15-/m0/s1. The number of rotatable bonds is 9. The molecule has 1 rings (SSSR count). The Morgan fingerprint density at radius 2 is 1.96 bits per heavy atom. The van der Waals surface area contributed by atoms with Crippen LogP contribution < -0.4 is 5.32 Å². The van der Waals surface area contributed by atoms with Crippen molar-refractivity contribution in [3.8, 4) is 0 Å². The number of carboxylic acids is 1. The molecule has 1 atom stereocenters. The normalized spacial score (nSPS) is 13.3. The van der Waals surface area contributed by atoms with Gasteiger partial charge in [0.25, 0.3) is 0 Å². The van der Waals surface area contributed by atoms with Crippen LogP contribution in [0, 0.1) is 5.92 Å². The molecule has 0 aliphatic carbocycles. The van der Waals surface area contributed by atoms with Crippen molar-refractivity contribution in [3.05, 3.63) is 35.4 Å². The van der Waals surface area contributed by atoms with Crippen LogP contribution in [0.2, 0.25) is 0 Å². The van der Waals surface area contributed by atoms with Crippen LogP contribution >= 0.6 is 0 Å². The van der Waals surface area contributed by atoms with E-state index in [1.54, 1.807) is 6.07 Å². The average Bonchev–Trinajstić information content (AvgIpc) is 2.44. The predicted molar refractivity (Wildman–Crippen MR) is 83.3 cm³/mol. The van der Waals surface area contributed by atoms with Gasteiger partial charge in [-0.25, -0.2) is 0 Å². The second-order valence-corrected chi connectivity index (χ2v) is 6.13. The van der Waals surface area contributed by atoms with E-state index in [1.165, 1.54) is 12.1 Å². The molecule has 0 aliphatic heterocycles. The third kappa shape index (κ3) is 7.50. The molecule has 6 heteroatoms. The number of carboxylic acid groups (broad SMARTS) is 1. The molecule has 0 saturated carbocycles. The third-order valence-corrected chi connectivity index (χ3v) is 3.54. The molecule has 1 aromatic rings. The first-order valence-electron chi connectivity index (χ1n) is 7.82. The minimum absolute atomic E-state index is 0.286. The molecule has 0 saturated heterocycles. The molecule has 3 nitrogen and oxygen atoms in total. The van der Waals surface area contributed by atoms with Crippen LogP contribution in [0.1, 0.15) is 44.2 Å². The largest absolute Gasteiger partial charge is 0.480 e. The number of unbranched alkanes of at least 4 members (excludes halogenated alkanes) is 1. The Balaban J connectivity index is 2.36. The van der Waals surface area contributed by atoms with Crippen LogP contribution in [0.3, 0.4) is 0 Å². The Morgan fingerprint density at radius 3 is 2.52 bits per heavy atom. The van der Waals surface area contributed by atoms with Crippen LogP contribution in [0.5, 0.6) is 0 Å². The SMILES string of the molecule is CC(C)C[C@H](NCCCCc1cccc(C(F)(F)F)c1)C(=O)O. The van der Waals surface area contributed by atoms with Crippen LogP contribution in [0.15, 0.2) is 24.3 Å². The van der Waals surface area contributed by atoms with Gasteiger partial charge in [0.15, 0.2) is 0 Å². The molecule has 0 spiro atoms. The number of hydrogen-bond acceptors (Lipinski definition) is 2. The topological polar surface area (TPSA) is 49.3 Å². The van der Waals surface area contributed by atoms with Gasteiger partial charge in [-0.1, -0.05) is 32.0 Å². The fourth-order valence-electron chi connectivity index (χ4n) is 2.38. The Bertz CT molecular complexity index is 501. The molecule has 23 heavy (non-hydrogen) atoms. The van der Waals surface area contributed by atoms with Crippen molar-refractivity contribution >= 4 is 5.97 Å². The van der Waals surface area contributed by atoms with Crippen molar-refractivity contribution in [1.82, 2.24) is 5.32 Å². The summed E-state index contributed by atoms with van der Waals surface area (Å²) in [5.41, 5.74) is 0.0211. The summed E-state index contributed by atoms with van der Waals surface area (Å²) in [5.74, 6) is -0.578. The predicted octanol–water partition coefficient (Wildman–Crippen LogP) is 4.12. The lowest BCUT2D eigenvalue weighted by atomic mass is 10.0. The Morgan fingerprint density at radius 1 is 1.26 bits per heavy atom. The van der Waals surface area contributed by atoms with Crippen LogP contribution in [0.25, 0.3) is 0 Å². The molecule has 0 unspecified atom stereocenters. The maximum atomic E-state index is 12.6. The lowest BCUT2D eigenvalue weighted by Crippen LogP contribution is -2.38. The number of carbonyl (C=O) groups is 1. The molecular weight excluding hydrogens is 307 g/mol. The van der Waals surface area contributed by atoms with Gasteiger partial charge in [-0.2, -0.15) is 13.2 Å². The molecule has 0 fully saturated rings. The first-order valence-corrected chi connectivity index (χ1v) is 7.82. The fourth-order valence-corrected chi connectivity index (χ4v) is 2.38. The van der Waals surface area contributed by atoms with E-state index >= 15 is 0 Å². The van der Waals surface area contributed by atoms with Gasteiger partial charge in [0, 0.05) is 0 Å². The Kier molecular flexibility index (Phi) is 7.55. The van der Waals surface area contributed by atoms with Crippen molar-refractivity contribution in [1.29, 1.82) is 0 Å². The van der Waals surface area contributed by atoms with Crippen molar-refractivity contribution < 1.29 is 23.1 Å². The van der Waals surface area contributed by atoms with E-state index in [4.69, 9.17) is 5.11 Å². The first kappa shape index (κ1) is 19.5. The van der Waals surface area contributed by atoms with E-state index < -0.39 is 23.8 Å². The number of hydrogen-bond donors (Lipinski definition) is 2. The lowest BCUT2D eigenvalue weighted by molar-refractivity contribution is -0.140. The third-order valence-electron chi connectivity index (χ3n) is 3.54. The van der Waals surface area contributed by atoms with Crippen molar-refractivity contribution in [2.45, 2.75) is 51.7 Å². The zero-order valence-corrected chi connectivity index (χ0v) is 13.5. The summed E-state index contributed by atoms with van der Waals surface area (Å²) < 4.78 is 37.8. The van der Waals surface area contributed by atoms with Gasteiger partial charge < -0.3 is 10.4 Å². The molecule has 2 N–H and O–H groups in total. The fraction of sp³-hybridized carbons (Fsp3) is 0.588. The summed E-state index contributed by atoms with van der Waals surface area (Å²) >= 11 is 0. The van der Waals surface area contributed by atoms with Crippen LogP contribution in [-0.4, -0.2) is 23.7 Å². The van der Waals surface area contributed by atoms with Gasteiger partial charge in [-0.05, 0) is 49.8 Å². The molecule has 130 valence electrons. The van der Waals surface area contributed by atoms with Crippen molar-refractivity contribution in [2.24, 2.45) is 5.92 Å². The number of halogens is 3. The van der Waals surface area contributed by atoms with Gasteiger partial charge in [-0.3, -0.25) is 4.79 Å². The van der Waals surface area contributed by atoms with Gasteiger partial charge in [0.1, 0.15) is 6.04 Å². The van der Waals surface area contributed by atoms with E-state index in [2.05, 4.69) is 5.32 Å². The number of aliphatic carboxylic acids is 1. The smallest absolute Gasteiger partial charge is 0.416 e. The highest BCUT2D eigenvalue weighted by Crippen LogP contribution is 2.29. The highest BCUT2D eigenvalue weighted by Gasteiger charge is 2.30.